The lowest BCUT2D eigenvalue weighted by Crippen LogP contribution is -1.87. The van der Waals surface area contributed by atoms with Crippen molar-refractivity contribution < 1.29 is 0 Å². The summed E-state index contributed by atoms with van der Waals surface area (Å²) in [6.07, 6.45) is 2.94. The van der Waals surface area contributed by atoms with E-state index in [4.69, 9.17) is 0 Å². The molecule has 0 atom stereocenters. The second-order valence-electron chi connectivity index (χ2n) is 3.68. The van der Waals surface area contributed by atoms with E-state index < -0.39 is 0 Å². The number of rotatable bonds is 3. The molecule has 0 bridgehead atoms. The van der Waals surface area contributed by atoms with E-state index >= 15 is 0 Å². The second-order valence-corrected chi connectivity index (χ2v) is 4.62. The van der Waals surface area contributed by atoms with Gasteiger partial charge in [0.1, 0.15) is 0 Å². The van der Waals surface area contributed by atoms with Gasteiger partial charge in [0.05, 0.1) is 0 Å². The Morgan fingerprint density at radius 3 is 2.60 bits per heavy atom. The van der Waals surface area contributed by atoms with E-state index in [1.807, 2.05) is 6.08 Å². The first-order valence-corrected chi connectivity index (χ1v) is 5.92. The van der Waals surface area contributed by atoms with E-state index in [0.29, 0.717) is 0 Å². The number of hydrogen-bond donors (Lipinski definition) is 0. The Labute approximate surface area is 94.9 Å². The van der Waals surface area contributed by atoms with E-state index in [0.717, 1.165) is 6.42 Å². The van der Waals surface area contributed by atoms with Crippen molar-refractivity contribution in [2.24, 2.45) is 0 Å². The summed E-state index contributed by atoms with van der Waals surface area (Å²) in [4.78, 5) is 1.29. The van der Waals surface area contributed by atoms with Gasteiger partial charge in [-0.15, -0.1) is 11.3 Å². The highest BCUT2D eigenvalue weighted by Crippen LogP contribution is 2.21. The zero-order chi connectivity index (χ0) is 10.7. The molecule has 2 aromatic rings. The van der Waals surface area contributed by atoms with E-state index in [1.165, 1.54) is 21.6 Å². The van der Waals surface area contributed by atoms with Crippen molar-refractivity contribution in [3.63, 3.8) is 0 Å². The average molecular weight is 214 g/mol. The summed E-state index contributed by atoms with van der Waals surface area (Å²) in [6, 6.07) is 10.9. The summed E-state index contributed by atoms with van der Waals surface area (Å²) in [5.41, 5.74) is 4.05. The minimum Gasteiger partial charge on any atom is -0.144 e. The molecule has 1 heteroatoms. The summed E-state index contributed by atoms with van der Waals surface area (Å²) in [6.45, 7) is 5.94. The van der Waals surface area contributed by atoms with Crippen molar-refractivity contribution in [1.82, 2.24) is 0 Å². The fraction of sp³-hybridized carbons (Fsp3) is 0.143. The van der Waals surface area contributed by atoms with Crippen molar-refractivity contribution in [2.45, 2.75) is 13.3 Å². The molecule has 0 radical (unpaired) electrons. The first-order chi connectivity index (χ1) is 7.29. The van der Waals surface area contributed by atoms with Crippen LogP contribution in [0.15, 0.2) is 42.3 Å². The third-order valence-corrected chi connectivity index (χ3v) is 3.44. The minimum absolute atomic E-state index is 1.01. The highest BCUT2D eigenvalue weighted by molar-refractivity contribution is 7.11. The molecule has 0 unspecified atom stereocenters. The van der Waals surface area contributed by atoms with Crippen LogP contribution in [0.4, 0.5) is 0 Å². The van der Waals surface area contributed by atoms with Crippen LogP contribution in [0, 0.1) is 6.92 Å². The van der Waals surface area contributed by atoms with Crippen molar-refractivity contribution in [3.05, 3.63) is 63.9 Å². The molecule has 0 N–H and O–H groups in total. The Morgan fingerprint density at radius 1 is 1.20 bits per heavy atom. The summed E-state index contributed by atoms with van der Waals surface area (Å²) in [5.74, 6) is 0. The van der Waals surface area contributed by atoms with Crippen LogP contribution in [0.3, 0.4) is 0 Å². The molecule has 0 aliphatic carbocycles. The summed E-state index contributed by atoms with van der Waals surface area (Å²) in [7, 11) is 0. The van der Waals surface area contributed by atoms with Gasteiger partial charge in [0.15, 0.2) is 0 Å². The predicted octanol–water partition coefficient (Wildman–Crippen LogP) is 4.29. The van der Waals surface area contributed by atoms with Crippen molar-refractivity contribution in [1.29, 1.82) is 0 Å². The third kappa shape index (κ3) is 2.37. The molecule has 76 valence electrons. The molecule has 0 fully saturated rings. The molecule has 0 saturated carbocycles. The molecular weight excluding hydrogens is 200 g/mol. The molecule has 1 heterocycles. The number of thiophene rings is 1. The van der Waals surface area contributed by atoms with Crippen LogP contribution in [0.25, 0.3) is 6.08 Å². The molecule has 0 amide bonds. The predicted molar refractivity (Wildman–Crippen MR) is 68.4 cm³/mol. The van der Waals surface area contributed by atoms with Crippen LogP contribution in [0.1, 0.15) is 21.6 Å². The van der Waals surface area contributed by atoms with Gasteiger partial charge in [0.25, 0.3) is 0 Å². The first kappa shape index (κ1) is 10.2. The zero-order valence-corrected chi connectivity index (χ0v) is 9.68. The Hall–Kier alpha value is -1.34. The van der Waals surface area contributed by atoms with Crippen LogP contribution < -0.4 is 0 Å². The molecule has 0 spiro atoms. The summed E-state index contributed by atoms with van der Waals surface area (Å²) in [5, 5.41) is 2.13. The van der Waals surface area contributed by atoms with E-state index in [2.05, 4.69) is 49.2 Å². The molecule has 0 nitrogen and oxygen atoms in total. The fourth-order valence-corrected chi connectivity index (χ4v) is 2.37. The Balaban J connectivity index is 2.21. The molecule has 1 aromatic heterocycles. The second kappa shape index (κ2) is 4.45. The van der Waals surface area contributed by atoms with Gasteiger partial charge in [-0.1, -0.05) is 42.5 Å². The van der Waals surface area contributed by atoms with E-state index in [1.54, 1.807) is 11.3 Å². The first-order valence-electron chi connectivity index (χ1n) is 5.04. The van der Waals surface area contributed by atoms with E-state index in [-0.39, 0.29) is 0 Å². The maximum absolute atomic E-state index is 3.83. The van der Waals surface area contributed by atoms with E-state index in [9.17, 15) is 0 Å². The van der Waals surface area contributed by atoms with Gasteiger partial charge >= 0.3 is 0 Å². The van der Waals surface area contributed by atoms with Gasteiger partial charge in [0, 0.05) is 4.88 Å². The molecule has 0 aliphatic rings. The average Bonchev–Trinajstić information content (AvgIpc) is 2.69. The number of benzene rings is 1. The highest BCUT2D eigenvalue weighted by atomic mass is 32.1. The zero-order valence-electron chi connectivity index (χ0n) is 8.86. The van der Waals surface area contributed by atoms with Crippen LogP contribution in [0.5, 0.6) is 0 Å². The maximum atomic E-state index is 3.83. The van der Waals surface area contributed by atoms with Crippen molar-refractivity contribution in [2.75, 3.05) is 0 Å². The van der Waals surface area contributed by atoms with Crippen LogP contribution in [-0.2, 0) is 6.42 Å². The topological polar surface area (TPSA) is 0 Å². The van der Waals surface area contributed by atoms with Gasteiger partial charge in [-0.3, -0.25) is 0 Å². The lowest BCUT2D eigenvalue weighted by Gasteiger charge is -2.01. The standard InChI is InChI=1S/C14H14S/c1-3-14-13(8-9-15-14)10-12-6-4-11(2)5-7-12/h3-9H,1,10H2,2H3. The lowest BCUT2D eigenvalue weighted by molar-refractivity contribution is 1.20. The lowest BCUT2D eigenvalue weighted by atomic mass is 10.0. The number of aryl methyl sites for hydroxylation is 1. The van der Waals surface area contributed by atoms with Crippen LogP contribution in [0.2, 0.25) is 0 Å². The molecule has 2 rings (SSSR count). The van der Waals surface area contributed by atoms with Gasteiger partial charge in [0.2, 0.25) is 0 Å². The van der Waals surface area contributed by atoms with Crippen LogP contribution >= 0.6 is 11.3 Å². The van der Waals surface area contributed by atoms with Gasteiger partial charge in [-0.25, -0.2) is 0 Å². The molecule has 15 heavy (non-hydrogen) atoms. The maximum Gasteiger partial charge on any atom is 0.0299 e. The van der Waals surface area contributed by atoms with Gasteiger partial charge < -0.3 is 0 Å². The quantitative estimate of drug-likeness (QED) is 0.715. The molecular formula is C14H14S. The highest BCUT2D eigenvalue weighted by Gasteiger charge is 2.01. The minimum atomic E-state index is 1.01. The number of hydrogen-bond acceptors (Lipinski definition) is 1. The smallest absolute Gasteiger partial charge is 0.0299 e. The van der Waals surface area contributed by atoms with Gasteiger partial charge in [-0.05, 0) is 35.9 Å². The normalized spacial score (nSPS) is 10.2. The summed E-state index contributed by atoms with van der Waals surface area (Å²) >= 11 is 1.75. The third-order valence-electron chi connectivity index (χ3n) is 2.48. The Bertz CT molecular complexity index is 448. The fourth-order valence-electron chi connectivity index (χ4n) is 1.60. The molecule has 0 saturated heterocycles. The Morgan fingerprint density at radius 2 is 1.93 bits per heavy atom. The Kier molecular flexibility index (Phi) is 3.02. The SMILES string of the molecule is C=Cc1sccc1Cc1ccc(C)cc1. The summed E-state index contributed by atoms with van der Waals surface area (Å²) < 4.78 is 0. The largest absolute Gasteiger partial charge is 0.144 e. The van der Waals surface area contributed by atoms with Crippen LogP contribution in [-0.4, -0.2) is 0 Å². The van der Waals surface area contributed by atoms with Crippen molar-refractivity contribution in [3.8, 4) is 0 Å². The van der Waals surface area contributed by atoms with Crippen molar-refractivity contribution >= 4 is 17.4 Å². The van der Waals surface area contributed by atoms with Gasteiger partial charge in [-0.2, -0.15) is 0 Å². The molecule has 0 aliphatic heterocycles. The monoisotopic (exact) mass is 214 g/mol. The molecule has 1 aromatic carbocycles.